The third kappa shape index (κ3) is 9.16. The Hall–Kier alpha value is -1.70. The molecule has 0 aliphatic heterocycles. The van der Waals surface area contributed by atoms with E-state index in [0.717, 1.165) is 0 Å². The second-order valence-corrected chi connectivity index (χ2v) is 16.1. The van der Waals surface area contributed by atoms with Gasteiger partial charge in [0.2, 0.25) is 0 Å². The topological polar surface area (TPSA) is 0 Å². The molecule has 5 rings (SSSR count). The van der Waals surface area contributed by atoms with Gasteiger partial charge in [-0.05, 0) is 67.0 Å². The molecule has 0 amide bonds. The molecule has 0 heterocycles. The van der Waals surface area contributed by atoms with Crippen LogP contribution in [0.3, 0.4) is 0 Å². The normalized spacial score (nSPS) is 10.7. The predicted octanol–water partition coefficient (Wildman–Crippen LogP) is 4.06. The van der Waals surface area contributed by atoms with Gasteiger partial charge in [-0.1, -0.05) is 160 Å². The van der Waals surface area contributed by atoms with E-state index < -0.39 is 0 Å². The molecule has 0 aliphatic rings. The van der Waals surface area contributed by atoms with Gasteiger partial charge in [0.05, 0.1) is 0 Å². The van der Waals surface area contributed by atoms with Crippen molar-refractivity contribution in [1.29, 1.82) is 0 Å². The molecule has 5 aromatic carbocycles. The van der Waals surface area contributed by atoms with Crippen LogP contribution in [0.4, 0.5) is 0 Å². The maximum absolute atomic E-state index is 2.37. The van der Waals surface area contributed by atoms with E-state index in [1.807, 2.05) is 0 Å². The number of hydrogen-bond donors (Lipinski definition) is 0. The van der Waals surface area contributed by atoms with Crippen molar-refractivity contribution in [1.82, 2.24) is 0 Å². The van der Waals surface area contributed by atoms with E-state index in [-0.39, 0.29) is 55.6 Å². The molecule has 0 spiro atoms. The maximum Gasteiger partial charge on any atom is 0 e. The van der Waals surface area contributed by atoms with Crippen LogP contribution in [-0.4, -0.2) is 24.6 Å². The van der Waals surface area contributed by atoms with Crippen LogP contribution >= 0.6 is 23.8 Å². The Labute approximate surface area is 257 Å². The summed E-state index contributed by atoms with van der Waals surface area (Å²) < 4.78 is 0. The van der Waals surface area contributed by atoms with Crippen LogP contribution in [0.2, 0.25) is 0 Å². The molecule has 0 saturated heterocycles. The molecular formula is C34H33ClP3Rh-. The van der Waals surface area contributed by atoms with E-state index in [4.69, 9.17) is 0 Å². The number of halogens is 1. The van der Waals surface area contributed by atoms with Gasteiger partial charge >= 0.3 is 0 Å². The standard InChI is InChI=1S/C34H33P3.ClH.Rh/c1-6-16-30(17-7-1)35(26-28-36(31-18-8-2-9-19-31)32-20-10-3-11-21-32)27-29-37(33-22-12-4-13-23-33)34-24-14-5-15-25-34;;/h1-25H,26-29H2;1H;/p-1. The number of rotatable bonds is 11. The molecule has 0 nitrogen and oxygen atoms in total. The van der Waals surface area contributed by atoms with Gasteiger partial charge in [0, 0.05) is 19.5 Å². The molecule has 0 saturated carbocycles. The molecule has 0 atom stereocenters. The summed E-state index contributed by atoms with van der Waals surface area (Å²) in [6, 6.07) is 56.0. The largest absolute Gasteiger partial charge is 1.00 e. The Morgan fingerprint density at radius 1 is 0.308 bits per heavy atom. The van der Waals surface area contributed by atoms with Gasteiger partial charge in [-0.25, -0.2) is 0 Å². The molecule has 5 heteroatoms. The minimum atomic E-state index is -0.366. The first-order chi connectivity index (χ1) is 18.4. The summed E-state index contributed by atoms with van der Waals surface area (Å²) in [4.78, 5) is 0. The first kappa shape index (κ1) is 31.8. The molecule has 0 fully saturated rings. The second kappa shape index (κ2) is 17.2. The van der Waals surface area contributed by atoms with Crippen LogP contribution in [0.5, 0.6) is 0 Å². The Morgan fingerprint density at radius 3 is 0.795 bits per heavy atom. The molecule has 5 aromatic rings. The van der Waals surface area contributed by atoms with Crippen LogP contribution in [-0.2, 0) is 19.5 Å². The fourth-order valence-corrected chi connectivity index (χ4v) is 13.3. The van der Waals surface area contributed by atoms with E-state index in [2.05, 4.69) is 152 Å². The molecular weight excluding hydrogens is 640 g/mol. The van der Waals surface area contributed by atoms with Crippen molar-refractivity contribution in [2.24, 2.45) is 0 Å². The van der Waals surface area contributed by atoms with Gasteiger partial charge in [0.1, 0.15) is 0 Å². The van der Waals surface area contributed by atoms with Crippen LogP contribution in [0, 0.1) is 0 Å². The summed E-state index contributed by atoms with van der Waals surface area (Å²) in [5, 5.41) is 7.50. The Bertz CT molecular complexity index is 1160. The number of benzene rings is 5. The molecule has 39 heavy (non-hydrogen) atoms. The summed E-state index contributed by atoms with van der Waals surface area (Å²) in [5.41, 5.74) is 0. The summed E-state index contributed by atoms with van der Waals surface area (Å²) in [6.07, 6.45) is 5.00. The summed E-state index contributed by atoms with van der Waals surface area (Å²) in [7, 11) is -0.982. The van der Waals surface area contributed by atoms with E-state index in [9.17, 15) is 0 Å². The minimum Gasteiger partial charge on any atom is -1.00 e. The Kier molecular flexibility index (Phi) is 14.0. The van der Waals surface area contributed by atoms with Crippen molar-refractivity contribution in [3.63, 3.8) is 0 Å². The van der Waals surface area contributed by atoms with E-state index in [0.29, 0.717) is 0 Å². The maximum atomic E-state index is 2.37. The minimum absolute atomic E-state index is 0. The van der Waals surface area contributed by atoms with Crippen molar-refractivity contribution in [3.8, 4) is 0 Å². The smallest absolute Gasteiger partial charge is 0 e. The van der Waals surface area contributed by atoms with E-state index in [1.54, 1.807) is 5.30 Å². The summed E-state index contributed by atoms with van der Waals surface area (Å²) >= 11 is 0. The van der Waals surface area contributed by atoms with Crippen molar-refractivity contribution >= 4 is 50.3 Å². The van der Waals surface area contributed by atoms with Crippen molar-refractivity contribution in [2.75, 3.05) is 24.6 Å². The summed E-state index contributed by atoms with van der Waals surface area (Å²) in [6.45, 7) is 0. The van der Waals surface area contributed by atoms with Crippen molar-refractivity contribution in [3.05, 3.63) is 152 Å². The first-order valence-corrected chi connectivity index (χ1v) is 17.7. The van der Waals surface area contributed by atoms with Gasteiger partial charge in [0.25, 0.3) is 0 Å². The quantitative estimate of drug-likeness (QED) is 0.147. The molecule has 0 unspecified atom stereocenters. The average molecular weight is 673 g/mol. The van der Waals surface area contributed by atoms with E-state index >= 15 is 0 Å². The fraction of sp³-hybridized carbons (Fsp3) is 0.118. The zero-order chi connectivity index (χ0) is 25.1. The van der Waals surface area contributed by atoms with Crippen molar-refractivity contribution in [2.45, 2.75) is 0 Å². The van der Waals surface area contributed by atoms with Crippen LogP contribution < -0.4 is 38.9 Å². The van der Waals surface area contributed by atoms with Gasteiger partial charge in [0.15, 0.2) is 0 Å². The second-order valence-electron chi connectivity index (χ2n) is 8.97. The summed E-state index contributed by atoms with van der Waals surface area (Å²) in [5.74, 6) is 0. The van der Waals surface area contributed by atoms with Gasteiger partial charge in [-0.2, -0.15) is 0 Å². The monoisotopic (exact) mass is 672 g/mol. The molecule has 1 radical (unpaired) electrons. The zero-order valence-electron chi connectivity index (χ0n) is 21.8. The van der Waals surface area contributed by atoms with Gasteiger partial charge in [-0.15, -0.1) is 0 Å². The predicted molar refractivity (Wildman–Crippen MR) is 171 cm³/mol. The van der Waals surface area contributed by atoms with Gasteiger partial charge < -0.3 is 12.4 Å². The molecule has 0 bridgehead atoms. The van der Waals surface area contributed by atoms with Crippen LogP contribution in [0.1, 0.15) is 0 Å². The third-order valence-electron chi connectivity index (χ3n) is 6.58. The van der Waals surface area contributed by atoms with Crippen LogP contribution in [0.15, 0.2) is 152 Å². The molecule has 0 N–H and O–H groups in total. The van der Waals surface area contributed by atoms with Crippen LogP contribution in [0.25, 0.3) is 0 Å². The zero-order valence-corrected chi connectivity index (χ0v) is 26.9. The van der Waals surface area contributed by atoms with Crippen molar-refractivity contribution < 1.29 is 31.9 Å². The first-order valence-electron chi connectivity index (χ1n) is 12.9. The average Bonchev–Trinajstić information content (AvgIpc) is 2.99. The fourth-order valence-electron chi connectivity index (χ4n) is 4.70. The van der Waals surface area contributed by atoms with E-state index in [1.165, 1.54) is 45.9 Å². The Balaban J connectivity index is 0.00000210. The van der Waals surface area contributed by atoms with Gasteiger partial charge in [-0.3, -0.25) is 0 Å². The third-order valence-corrected chi connectivity index (χ3v) is 14.9. The molecule has 0 aliphatic carbocycles. The molecule has 201 valence electrons. The SMILES string of the molecule is [Cl-].[Rh].c1ccc(P(CCP(c2ccccc2)c2ccccc2)CCP(c2ccccc2)c2ccccc2)cc1. The Morgan fingerprint density at radius 2 is 0.538 bits per heavy atom. The molecule has 0 aromatic heterocycles. The number of hydrogen-bond acceptors (Lipinski definition) is 0.